The van der Waals surface area contributed by atoms with E-state index in [0.717, 1.165) is 6.42 Å². The molecule has 0 aliphatic carbocycles. The number of rotatable bonds is 7. The van der Waals surface area contributed by atoms with Gasteiger partial charge >= 0.3 is 6.03 Å². The summed E-state index contributed by atoms with van der Waals surface area (Å²) >= 11 is 0. The Morgan fingerprint density at radius 1 is 1.26 bits per heavy atom. The summed E-state index contributed by atoms with van der Waals surface area (Å²) < 4.78 is 11.5. The van der Waals surface area contributed by atoms with Crippen molar-refractivity contribution in [1.82, 2.24) is 10.6 Å². The lowest BCUT2D eigenvalue weighted by molar-refractivity contribution is 0.163. The topological polar surface area (TPSA) is 78.4 Å². The van der Waals surface area contributed by atoms with E-state index < -0.39 is 16.3 Å². The van der Waals surface area contributed by atoms with Crippen LogP contribution in [0, 0.1) is 0 Å². The summed E-state index contributed by atoms with van der Waals surface area (Å²) in [5.74, 6) is 0.431. The standard InChI is InChI=1S/C13H28N2O3S/c1-6-7-13(5,10-16)15-11(17)14-8-9-19(18)12(2,3)4/h16H,6-10H2,1-5H3,(H2,14,15,17). The minimum Gasteiger partial charge on any atom is -0.394 e. The van der Waals surface area contributed by atoms with Crippen molar-refractivity contribution in [3.05, 3.63) is 0 Å². The number of hydrogen-bond donors (Lipinski definition) is 3. The summed E-state index contributed by atoms with van der Waals surface area (Å²) in [7, 11) is -0.974. The molecule has 3 N–H and O–H groups in total. The van der Waals surface area contributed by atoms with Crippen LogP contribution in [0.25, 0.3) is 0 Å². The highest BCUT2D eigenvalue weighted by atomic mass is 32.2. The Kier molecular flexibility index (Phi) is 7.59. The Morgan fingerprint density at radius 2 is 1.84 bits per heavy atom. The SMILES string of the molecule is CCCC(C)(CO)NC(=O)NCCS(=O)C(C)(C)C. The van der Waals surface area contributed by atoms with Gasteiger partial charge in [-0.3, -0.25) is 4.21 Å². The number of carbonyl (C=O) groups excluding carboxylic acids is 1. The van der Waals surface area contributed by atoms with Gasteiger partial charge in [-0.15, -0.1) is 0 Å². The maximum Gasteiger partial charge on any atom is 0.315 e. The van der Waals surface area contributed by atoms with Gasteiger partial charge in [-0.2, -0.15) is 0 Å². The minimum absolute atomic E-state index is 0.0951. The second-order valence-corrected chi connectivity index (χ2v) is 8.34. The molecule has 0 bridgehead atoms. The molecule has 0 spiro atoms. The lowest BCUT2D eigenvalue weighted by atomic mass is 9.98. The fourth-order valence-corrected chi connectivity index (χ4v) is 2.51. The van der Waals surface area contributed by atoms with Crippen molar-refractivity contribution in [1.29, 1.82) is 0 Å². The van der Waals surface area contributed by atoms with Gasteiger partial charge in [0.25, 0.3) is 0 Å². The monoisotopic (exact) mass is 292 g/mol. The molecule has 2 atom stereocenters. The Morgan fingerprint density at radius 3 is 2.26 bits per heavy atom. The van der Waals surface area contributed by atoms with Crippen LogP contribution in [0.2, 0.25) is 0 Å². The molecule has 0 saturated carbocycles. The third-order valence-corrected chi connectivity index (χ3v) is 4.76. The van der Waals surface area contributed by atoms with Crippen molar-refractivity contribution < 1.29 is 14.1 Å². The Labute approximate surface area is 119 Å². The second kappa shape index (κ2) is 7.85. The lowest BCUT2D eigenvalue weighted by Gasteiger charge is -2.28. The fourth-order valence-electron chi connectivity index (χ4n) is 1.61. The molecule has 0 rings (SSSR count). The average molecular weight is 292 g/mol. The Balaban J connectivity index is 4.09. The number of urea groups is 1. The lowest BCUT2D eigenvalue weighted by Crippen LogP contribution is -2.53. The summed E-state index contributed by atoms with van der Waals surface area (Å²) in [5, 5.41) is 14.7. The van der Waals surface area contributed by atoms with Crippen LogP contribution in [0.1, 0.15) is 47.5 Å². The van der Waals surface area contributed by atoms with Crippen LogP contribution in [0.5, 0.6) is 0 Å². The van der Waals surface area contributed by atoms with Gasteiger partial charge in [0.05, 0.1) is 12.1 Å². The number of nitrogens with one attached hydrogen (secondary N) is 2. The zero-order chi connectivity index (χ0) is 15.1. The first-order valence-electron chi connectivity index (χ1n) is 6.70. The molecule has 0 aliphatic heterocycles. The molecule has 5 nitrogen and oxygen atoms in total. The zero-order valence-electron chi connectivity index (χ0n) is 12.7. The van der Waals surface area contributed by atoms with E-state index >= 15 is 0 Å². The molecule has 2 unspecified atom stereocenters. The van der Waals surface area contributed by atoms with Gasteiger partial charge in [-0.25, -0.2) is 4.79 Å². The molecule has 0 aromatic rings. The van der Waals surface area contributed by atoms with Crippen molar-refractivity contribution in [3.8, 4) is 0 Å². The van der Waals surface area contributed by atoms with Gasteiger partial charge in [-0.05, 0) is 34.1 Å². The fraction of sp³-hybridized carbons (Fsp3) is 0.923. The first-order valence-corrected chi connectivity index (χ1v) is 8.02. The van der Waals surface area contributed by atoms with Gasteiger partial charge in [0, 0.05) is 27.8 Å². The largest absolute Gasteiger partial charge is 0.394 e. The van der Waals surface area contributed by atoms with Crippen LogP contribution in [0.15, 0.2) is 0 Å². The second-order valence-electron chi connectivity index (χ2n) is 6.01. The van der Waals surface area contributed by atoms with Gasteiger partial charge in [0.1, 0.15) is 0 Å². The van der Waals surface area contributed by atoms with Crippen molar-refractivity contribution in [2.45, 2.75) is 57.7 Å². The van der Waals surface area contributed by atoms with Crippen molar-refractivity contribution >= 4 is 16.8 Å². The van der Waals surface area contributed by atoms with Crippen molar-refractivity contribution in [3.63, 3.8) is 0 Å². The van der Waals surface area contributed by atoms with Crippen LogP contribution in [-0.4, -0.2) is 44.5 Å². The Bertz CT molecular complexity index is 316. The smallest absolute Gasteiger partial charge is 0.315 e. The van der Waals surface area contributed by atoms with E-state index in [1.54, 1.807) is 0 Å². The first kappa shape index (κ1) is 18.4. The van der Waals surface area contributed by atoms with Crippen LogP contribution >= 0.6 is 0 Å². The highest BCUT2D eigenvalue weighted by Crippen LogP contribution is 2.11. The van der Waals surface area contributed by atoms with Gasteiger partial charge in [-0.1, -0.05) is 13.3 Å². The van der Waals surface area contributed by atoms with E-state index in [1.807, 2.05) is 34.6 Å². The first-order chi connectivity index (χ1) is 8.64. The van der Waals surface area contributed by atoms with Crippen LogP contribution < -0.4 is 10.6 Å². The highest BCUT2D eigenvalue weighted by molar-refractivity contribution is 7.86. The molecule has 0 radical (unpaired) electrons. The summed E-state index contributed by atoms with van der Waals surface area (Å²) in [5.41, 5.74) is -0.595. The Hall–Kier alpha value is -0.620. The zero-order valence-corrected chi connectivity index (χ0v) is 13.5. The van der Waals surface area contributed by atoms with Crippen LogP contribution in [-0.2, 0) is 10.8 Å². The predicted octanol–water partition coefficient (Wildman–Crippen LogP) is 1.38. The van der Waals surface area contributed by atoms with Gasteiger partial charge < -0.3 is 15.7 Å². The van der Waals surface area contributed by atoms with Crippen LogP contribution in [0.3, 0.4) is 0 Å². The van der Waals surface area contributed by atoms with Gasteiger partial charge in [0.2, 0.25) is 0 Å². The number of hydrogen-bond acceptors (Lipinski definition) is 3. The summed E-state index contributed by atoms with van der Waals surface area (Å²) in [6.07, 6.45) is 1.59. The van der Waals surface area contributed by atoms with E-state index in [2.05, 4.69) is 10.6 Å². The van der Waals surface area contributed by atoms with Crippen molar-refractivity contribution in [2.24, 2.45) is 0 Å². The van der Waals surface area contributed by atoms with E-state index in [1.165, 1.54) is 0 Å². The van der Waals surface area contributed by atoms with E-state index in [4.69, 9.17) is 0 Å². The van der Waals surface area contributed by atoms with E-state index in [9.17, 15) is 14.1 Å². The molecule has 0 heterocycles. The molecule has 0 aliphatic rings. The molecule has 0 aromatic heterocycles. The molecule has 2 amide bonds. The van der Waals surface area contributed by atoms with Crippen LogP contribution in [0.4, 0.5) is 4.79 Å². The summed E-state index contributed by atoms with van der Waals surface area (Å²) in [6, 6.07) is -0.323. The van der Waals surface area contributed by atoms with Gasteiger partial charge in [0.15, 0.2) is 0 Å². The molecule has 0 saturated heterocycles. The molecule has 114 valence electrons. The highest BCUT2D eigenvalue weighted by Gasteiger charge is 2.24. The maximum absolute atomic E-state index is 11.8. The number of aliphatic hydroxyl groups excluding tert-OH is 1. The van der Waals surface area contributed by atoms with E-state index in [0.29, 0.717) is 18.7 Å². The quantitative estimate of drug-likeness (QED) is 0.663. The minimum atomic E-state index is -0.974. The third kappa shape index (κ3) is 7.52. The molecular formula is C13H28N2O3S. The molecule has 0 fully saturated rings. The third-order valence-electron chi connectivity index (χ3n) is 2.82. The molecular weight excluding hydrogens is 264 g/mol. The predicted molar refractivity (Wildman–Crippen MR) is 79.7 cm³/mol. The number of aliphatic hydroxyl groups is 1. The molecule has 19 heavy (non-hydrogen) atoms. The number of amides is 2. The van der Waals surface area contributed by atoms with Crippen molar-refractivity contribution in [2.75, 3.05) is 18.9 Å². The summed E-state index contributed by atoms with van der Waals surface area (Å²) in [4.78, 5) is 11.7. The normalized spacial score (nSPS) is 16.5. The molecule has 0 aromatic carbocycles. The number of carbonyl (C=O) groups is 1. The molecule has 6 heteroatoms. The van der Waals surface area contributed by atoms with E-state index in [-0.39, 0.29) is 17.4 Å². The average Bonchev–Trinajstić information content (AvgIpc) is 2.27. The maximum atomic E-state index is 11.8. The summed E-state index contributed by atoms with van der Waals surface area (Å²) in [6.45, 7) is 9.81.